The Hall–Kier alpha value is -2.80. The van der Waals surface area contributed by atoms with E-state index in [1.807, 2.05) is 49.4 Å². The predicted octanol–water partition coefficient (Wildman–Crippen LogP) is 3.61. The number of nitrogens with one attached hydrogen (secondary N) is 2. The van der Waals surface area contributed by atoms with E-state index in [2.05, 4.69) is 15.3 Å². The van der Waals surface area contributed by atoms with Gasteiger partial charge in [-0.05, 0) is 31.0 Å². The van der Waals surface area contributed by atoms with Crippen molar-refractivity contribution in [1.82, 2.24) is 15.3 Å². The van der Waals surface area contributed by atoms with Crippen LogP contribution in [0.15, 0.2) is 47.6 Å². The van der Waals surface area contributed by atoms with E-state index in [0.29, 0.717) is 17.3 Å². The lowest BCUT2D eigenvalue weighted by Crippen LogP contribution is -2.22. The molecule has 1 amide bonds. The molecule has 28 heavy (non-hydrogen) atoms. The molecule has 0 aliphatic rings. The van der Waals surface area contributed by atoms with Gasteiger partial charge in [0.1, 0.15) is 5.75 Å². The molecule has 1 aromatic heterocycles. The summed E-state index contributed by atoms with van der Waals surface area (Å²) in [6.07, 6.45) is 0.737. The number of Topliss-reactive ketones (excluding diaryl/α,β-unsaturated/α-hetero) is 1. The van der Waals surface area contributed by atoms with Crippen molar-refractivity contribution in [3.8, 4) is 5.75 Å². The largest absolute Gasteiger partial charge is 0.497 e. The summed E-state index contributed by atoms with van der Waals surface area (Å²) in [5.74, 6) is 0.772. The van der Waals surface area contributed by atoms with Gasteiger partial charge in [0.05, 0.1) is 23.4 Å². The topological polar surface area (TPSA) is 84.1 Å². The highest BCUT2D eigenvalue weighted by molar-refractivity contribution is 8.00. The Kier molecular flexibility index (Phi) is 6.36. The molecule has 0 fully saturated rings. The van der Waals surface area contributed by atoms with Crippen molar-refractivity contribution in [3.63, 3.8) is 0 Å². The maximum atomic E-state index is 12.7. The van der Waals surface area contributed by atoms with Crippen molar-refractivity contribution >= 4 is 34.5 Å². The van der Waals surface area contributed by atoms with Crippen LogP contribution in [0.5, 0.6) is 5.75 Å². The van der Waals surface area contributed by atoms with Gasteiger partial charge in [-0.15, -0.1) is 0 Å². The van der Waals surface area contributed by atoms with E-state index in [9.17, 15) is 9.59 Å². The molecule has 0 aliphatic carbocycles. The van der Waals surface area contributed by atoms with Gasteiger partial charge in [0.2, 0.25) is 5.91 Å². The number of H-pyrrole nitrogens is 1. The first-order valence-electron chi connectivity index (χ1n) is 9.04. The minimum Gasteiger partial charge on any atom is -0.497 e. The lowest BCUT2D eigenvalue weighted by molar-refractivity contribution is -0.118. The number of ether oxygens (including phenoxy) is 1. The zero-order chi connectivity index (χ0) is 20.1. The van der Waals surface area contributed by atoms with E-state index >= 15 is 0 Å². The van der Waals surface area contributed by atoms with Gasteiger partial charge in [0.15, 0.2) is 10.9 Å². The van der Waals surface area contributed by atoms with Gasteiger partial charge < -0.3 is 15.0 Å². The Morgan fingerprint density at radius 1 is 1.21 bits per heavy atom. The number of methoxy groups -OCH3 is 1. The molecule has 0 saturated heterocycles. The summed E-state index contributed by atoms with van der Waals surface area (Å²) in [6, 6.07) is 13.2. The molecule has 2 aromatic carbocycles. The molecule has 0 spiro atoms. The quantitative estimate of drug-likeness (QED) is 0.448. The summed E-state index contributed by atoms with van der Waals surface area (Å²) in [5, 5.41) is 3.20. The van der Waals surface area contributed by atoms with Gasteiger partial charge in [-0.1, -0.05) is 36.0 Å². The predicted molar refractivity (Wildman–Crippen MR) is 111 cm³/mol. The number of imidazole rings is 1. The molecule has 1 heterocycles. The number of ketones is 1. The molecule has 0 aliphatic heterocycles. The minimum absolute atomic E-state index is 0.0401. The van der Waals surface area contributed by atoms with Crippen LogP contribution in [0.3, 0.4) is 0 Å². The third kappa shape index (κ3) is 4.92. The van der Waals surface area contributed by atoms with Gasteiger partial charge in [0, 0.05) is 25.1 Å². The maximum absolute atomic E-state index is 12.7. The summed E-state index contributed by atoms with van der Waals surface area (Å²) < 4.78 is 5.23. The number of nitrogens with zero attached hydrogens (tertiary/aromatic N) is 1. The van der Waals surface area contributed by atoms with Crippen LogP contribution in [-0.2, 0) is 11.2 Å². The Morgan fingerprint density at radius 2 is 1.96 bits per heavy atom. The van der Waals surface area contributed by atoms with Gasteiger partial charge in [-0.25, -0.2) is 4.98 Å². The fraction of sp³-hybridized carbons (Fsp3) is 0.286. The summed E-state index contributed by atoms with van der Waals surface area (Å²) in [5.41, 5.74) is 3.47. The van der Waals surface area contributed by atoms with Crippen LogP contribution < -0.4 is 10.1 Å². The highest BCUT2D eigenvalue weighted by Crippen LogP contribution is 2.27. The number of fused-ring (bicyclic) bond motifs is 1. The van der Waals surface area contributed by atoms with Crippen LogP contribution in [0.4, 0.5) is 0 Å². The Balaban J connectivity index is 1.63. The summed E-state index contributed by atoms with van der Waals surface area (Å²) in [6.45, 7) is 3.97. The highest BCUT2D eigenvalue weighted by Gasteiger charge is 2.18. The van der Waals surface area contributed by atoms with Crippen molar-refractivity contribution in [2.24, 2.45) is 0 Å². The molecule has 0 bridgehead atoms. The van der Waals surface area contributed by atoms with Gasteiger partial charge in [0.25, 0.3) is 0 Å². The molecule has 1 unspecified atom stereocenters. The fourth-order valence-corrected chi connectivity index (χ4v) is 3.72. The second kappa shape index (κ2) is 8.93. The minimum atomic E-state index is -0.271. The average molecular weight is 398 g/mol. The zero-order valence-corrected chi connectivity index (χ0v) is 16.9. The molecular formula is C21H23N3O3S. The van der Waals surface area contributed by atoms with Crippen molar-refractivity contribution < 1.29 is 14.3 Å². The second-order valence-electron chi connectivity index (χ2n) is 6.48. The molecule has 1 atom stereocenters. The van der Waals surface area contributed by atoms with Crippen LogP contribution in [0.2, 0.25) is 0 Å². The standard InChI is InChI=1S/C21H23N3O3S/c1-13(28-21-23-18-9-8-17(27-3)12-19(18)24-21)20(26)16-6-4-15(5-7-16)10-11-22-14(2)25/h4-9,12-13H,10-11H2,1-3H3,(H,22,25)(H,23,24). The monoisotopic (exact) mass is 397 g/mol. The van der Waals surface area contributed by atoms with E-state index in [-0.39, 0.29) is 16.9 Å². The number of carbonyl (C=O) groups is 2. The molecule has 0 radical (unpaired) electrons. The first-order chi connectivity index (χ1) is 13.5. The number of aromatic nitrogens is 2. The maximum Gasteiger partial charge on any atom is 0.216 e. The number of hydrogen-bond donors (Lipinski definition) is 2. The first-order valence-corrected chi connectivity index (χ1v) is 9.92. The number of amides is 1. The summed E-state index contributed by atoms with van der Waals surface area (Å²) >= 11 is 1.40. The third-order valence-electron chi connectivity index (χ3n) is 4.35. The van der Waals surface area contributed by atoms with Crippen LogP contribution in [-0.4, -0.2) is 40.6 Å². The summed E-state index contributed by atoms with van der Waals surface area (Å²) in [4.78, 5) is 31.4. The third-order valence-corrected chi connectivity index (χ3v) is 5.34. The van der Waals surface area contributed by atoms with Crippen LogP contribution in [0.25, 0.3) is 11.0 Å². The van der Waals surface area contributed by atoms with Crippen LogP contribution in [0, 0.1) is 0 Å². The van der Waals surface area contributed by atoms with E-state index < -0.39 is 0 Å². The normalized spacial score (nSPS) is 12.0. The van der Waals surface area contributed by atoms with Crippen molar-refractivity contribution in [2.45, 2.75) is 30.7 Å². The SMILES string of the molecule is COc1ccc2nc(SC(C)C(=O)c3ccc(CCNC(C)=O)cc3)[nH]c2c1. The van der Waals surface area contributed by atoms with E-state index in [4.69, 9.17) is 4.74 Å². The molecule has 7 heteroatoms. The molecule has 0 saturated carbocycles. The number of carbonyl (C=O) groups excluding carboxylic acids is 2. The number of rotatable bonds is 8. The zero-order valence-electron chi connectivity index (χ0n) is 16.1. The molecule has 6 nitrogen and oxygen atoms in total. The first kappa shape index (κ1) is 19.9. The lowest BCUT2D eigenvalue weighted by atomic mass is 10.0. The number of aromatic amines is 1. The molecule has 146 valence electrons. The Bertz CT molecular complexity index is 982. The fourth-order valence-electron chi connectivity index (χ4n) is 2.82. The number of benzene rings is 2. The summed E-state index contributed by atoms with van der Waals surface area (Å²) in [7, 11) is 1.62. The van der Waals surface area contributed by atoms with Crippen molar-refractivity contribution in [3.05, 3.63) is 53.6 Å². The Labute approximate surface area is 168 Å². The van der Waals surface area contributed by atoms with Gasteiger partial charge >= 0.3 is 0 Å². The second-order valence-corrected chi connectivity index (χ2v) is 7.81. The van der Waals surface area contributed by atoms with E-state index in [1.54, 1.807) is 7.11 Å². The van der Waals surface area contributed by atoms with E-state index in [0.717, 1.165) is 28.8 Å². The molecular weight excluding hydrogens is 374 g/mol. The van der Waals surface area contributed by atoms with E-state index in [1.165, 1.54) is 18.7 Å². The number of hydrogen-bond acceptors (Lipinski definition) is 5. The molecule has 2 N–H and O–H groups in total. The average Bonchev–Trinajstić information content (AvgIpc) is 3.08. The highest BCUT2D eigenvalue weighted by atomic mass is 32.2. The smallest absolute Gasteiger partial charge is 0.216 e. The van der Waals surface area contributed by atoms with Gasteiger partial charge in [-0.2, -0.15) is 0 Å². The van der Waals surface area contributed by atoms with Crippen LogP contribution >= 0.6 is 11.8 Å². The molecule has 3 rings (SSSR count). The molecule has 3 aromatic rings. The van der Waals surface area contributed by atoms with Crippen molar-refractivity contribution in [2.75, 3.05) is 13.7 Å². The number of thioether (sulfide) groups is 1. The van der Waals surface area contributed by atoms with Crippen LogP contribution in [0.1, 0.15) is 29.8 Å². The van der Waals surface area contributed by atoms with Gasteiger partial charge in [-0.3, -0.25) is 9.59 Å². The Morgan fingerprint density at radius 3 is 2.64 bits per heavy atom. The lowest BCUT2D eigenvalue weighted by Gasteiger charge is -2.09. The van der Waals surface area contributed by atoms with Crippen molar-refractivity contribution in [1.29, 1.82) is 0 Å².